The predicted octanol–water partition coefficient (Wildman–Crippen LogP) is 11.6. The summed E-state index contributed by atoms with van der Waals surface area (Å²) in [4.78, 5) is 0.634. The smallest absolute Gasteiger partial charge is 0.207 e. The molecule has 1 aliphatic carbocycles. The predicted molar refractivity (Wildman–Crippen MR) is 214 cm³/mol. The molecule has 53 heavy (non-hydrogen) atoms. The first-order valence-electron chi connectivity index (χ1n) is 18.3. The van der Waals surface area contributed by atoms with Crippen LogP contribution in [0.25, 0.3) is 60.9 Å². The van der Waals surface area contributed by atoms with E-state index in [0.29, 0.717) is 15.8 Å². The standard InChI is InChI=1S/C49H31NO2S/c51-53(52)47-26-14-12-24-43(47)49(41-22-10-7-19-37(41)38-20-8-11-23-42(38)49)44-30-40-39-21-9-13-25-45(39)50(46(40)31-48(44)53)36-28-34(32-15-3-1-4-16-32)27-35(29-36)33-17-5-2-6-18-33/h1-31H/i9D. The SMILES string of the molecule is [2H]c1ccc2c(c1)c1cc3c(cc1n2-c1cc(-c2ccccc2)cc(-c2ccccc2)c1)S(=O)(=O)c1ccccc1C31c2ccccc2-c2ccccc21. The van der Waals surface area contributed by atoms with Gasteiger partial charge in [-0.1, -0.05) is 146 Å². The van der Waals surface area contributed by atoms with Gasteiger partial charge < -0.3 is 4.57 Å². The summed E-state index contributed by atoms with van der Waals surface area (Å²) < 4.78 is 41.1. The van der Waals surface area contributed by atoms with Gasteiger partial charge in [0.15, 0.2) is 0 Å². The highest BCUT2D eigenvalue weighted by Crippen LogP contribution is 2.61. The average molecular weight is 699 g/mol. The number of para-hydroxylation sites is 1. The molecule has 250 valence electrons. The highest BCUT2D eigenvalue weighted by Gasteiger charge is 2.53. The normalized spacial score (nSPS) is 14.8. The lowest BCUT2D eigenvalue weighted by Crippen LogP contribution is -2.36. The second kappa shape index (κ2) is 11.0. The minimum Gasteiger partial charge on any atom is -0.309 e. The van der Waals surface area contributed by atoms with Gasteiger partial charge in [0.2, 0.25) is 9.84 Å². The molecule has 0 bridgehead atoms. The Labute approximate surface area is 309 Å². The molecule has 2 heterocycles. The molecule has 0 N–H and O–H groups in total. The summed E-state index contributed by atoms with van der Waals surface area (Å²) in [5.74, 6) is 0. The second-order valence-corrected chi connectivity index (χ2v) is 15.9. The van der Waals surface area contributed by atoms with E-state index in [0.717, 1.165) is 83.1 Å². The van der Waals surface area contributed by atoms with Gasteiger partial charge in [0, 0.05) is 16.5 Å². The first-order valence-corrected chi connectivity index (χ1v) is 19.3. The van der Waals surface area contributed by atoms with Gasteiger partial charge >= 0.3 is 0 Å². The van der Waals surface area contributed by atoms with Crippen LogP contribution in [-0.2, 0) is 15.3 Å². The third-order valence-electron chi connectivity index (χ3n) is 11.3. The molecule has 0 atom stereocenters. The Bertz CT molecular complexity index is 3030. The van der Waals surface area contributed by atoms with Gasteiger partial charge in [0.1, 0.15) is 0 Å². The number of hydrogen-bond acceptors (Lipinski definition) is 2. The number of benzene rings is 8. The fourth-order valence-corrected chi connectivity index (χ4v) is 10.9. The van der Waals surface area contributed by atoms with E-state index >= 15 is 8.42 Å². The van der Waals surface area contributed by atoms with E-state index in [2.05, 4.69) is 102 Å². The number of nitrogens with zero attached hydrogens (tertiary/aromatic N) is 1. The van der Waals surface area contributed by atoms with Crippen LogP contribution in [-0.4, -0.2) is 13.0 Å². The summed E-state index contributed by atoms with van der Waals surface area (Å²) in [6.45, 7) is 0. The summed E-state index contributed by atoms with van der Waals surface area (Å²) in [6.07, 6.45) is 0. The van der Waals surface area contributed by atoms with Crippen molar-refractivity contribution in [2.75, 3.05) is 0 Å². The van der Waals surface area contributed by atoms with Gasteiger partial charge in [-0.3, -0.25) is 0 Å². The molecule has 8 aromatic carbocycles. The summed E-state index contributed by atoms with van der Waals surface area (Å²) in [5, 5.41) is 1.80. The Kier molecular flexibility index (Phi) is 6.05. The molecule has 0 amide bonds. The third kappa shape index (κ3) is 4.07. The lowest BCUT2D eigenvalue weighted by Gasteiger charge is -2.39. The zero-order valence-corrected chi connectivity index (χ0v) is 29.3. The zero-order chi connectivity index (χ0) is 36.2. The fraction of sp³-hybridized carbons (Fsp3) is 0.0204. The lowest BCUT2D eigenvalue weighted by molar-refractivity contribution is 0.581. The van der Waals surface area contributed by atoms with Gasteiger partial charge in [-0.05, 0) is 98.1 Å². The quantitative estimate of drug-likeness (QED) is 0.184. The molecule has 9 aromatic rings. The summed E-state index contributed by atoms with van der Waals surface area (Å²) >= 11 is 0. The number of sulfone groups is 1. The van der Waals surface area contributed by atoms with Crippen molar-refractivity contribution >= 4 is 31.6 Å². The molecule has 0 radical (unpaired) electrons. The first-order chi connectivity index (χ1) is 26.4. The third-order valence-corrected chi connectivity index (χ3v) is 13.2. The summed E-state index contributed by atoms with van der Waals surface area (Å²) in [7, 11) is -3.96. The van der Waals surface area contributed by atoms with Crippen molar-refractivity contribution in [2.24, 2.45) is 0 Å². The molecule has 2 aliphatic rings. The molecule has 1 spiro atoms. The van der Waals surface area contributed by atoms with Crippen molar-refractivity contribution < 1.29 is 9.79 Å². The van der Waals surface area contributed by atoms with Crippen LogP contribution in [0.15, 0.2) is 198 Å². The molecule has 1 aliphatic heterocycles. The van der Waals surface area contributed by atoms with E-state index < -0.39 is 15.3 Å². The Morgan fingerprint density at radius 3 is 1.64 bits per heavy atom. The van der Waals surface area contributed by atoms with Gasteiger partial charge in [-0.15, -0.1) is 0 Å². The molecule has 1 aromatic heterocycles. The first kappa shape index (κ1) is 29.1. The van der Waals surface area contributed by atoms with Crippen molar-refractivity contribution in [3.05, 3.63) is 210 Å². The van der Waals surface area contributed by atoms with E-state index in [1.807, 2.05) is 78.9 Å². The van der Waals surface area contributed by atoms with E-state index in [9.17, 15) is 0 Å². The van der Waals surface area contributed by atoms with E-state index in [1.165, 1.54) is 0 Å². The largest absolute Gasteiger partial charge is 0.309 e. The maximum Gasteiger partial charge on any atom is 0.207 e. The van der Waals surface area contributed by atoms with Crippen LogP contribution in [0.2, 0.25) is 0 Å². The minimum absolute atomic E-state index is 0.304. The van der Waals surface area contributed by atoms with Crippen molar-refractivity contribution in [1.82, 2.24) is 4.57 Å². The van der Waals surface area contributed by atoms with Crippen molar-refractivity contribution in [3.8, 4) is 39.1 Å². The molecule has 0 saturated heterocycles. The molecule has 0 unspecified atom stereocenters. The van der Waals surface area contributed by atoms with Crippen LogP contribution in [0.5, 0.6) is 0 Å². The Balaban J connectivity index is 1.29. The Hall–Kier alpha value is -6.49. The van der Waals surface area contributed by atoms with Crippen molar-refractivity contribution in [2.45, 2.75) is 15.2 Å². The molecule has 0 saturated carbocycles. The summed E-state index contributed by atoms with van der Waals surface area (Å²) in [5.41, 5.74) is 11.9. The minimum atomic E-state index is -3.96. The average Bonchev–Trinajstić information content (AvgIpc) is 3.70. The van der Waals surface area contributed by atoms with Crippen LogP contribution >= 0.6 is 0 Å². The number of fused-ring (bicyclic) bond motifs is 12. The molecule has 0 fully saturated rings. The number of aromatic nitrogens is 1. The number of rotatable bonds is 3. The Morgan fingerprint density at radius 2 is 1.00 bits per heavy atom. The topological polar surface area (TPSA) is 39.1 Å². The van der Waals surface area contributed by atoms with Gasteiger partial charge in [0.25, 0.3) is 0 Å². The maximum absolute atomic E-state index is 15.1. The van der Waals surface area contributed by atoms with Gasteiger partial charge in [0.05, 0.1) is 27.6 Å². The summed E-state index contributed by atoms with van der Waals surface area (Å²) in [6, 6.07) is 61.8. The zero-order valence-electron chi connectivity index (χ0n) is 29.5. The molecule has 3 nitrogen and oxygen atoms in total. The van der Waals surface area contributed by atoms with Gasteiger partial charge in [-0.25, -0.2) is 8.42 Å². The highest BCUT2D eigenvalue weighted by molar-refractivity contribution is 7.91. The molecule has 4 heteroatoms. The van der Waals surface area contributed by atoms with Gasteiger partial charge in [-0.2, -0.15) is 0 Å². The Morgan fingerprint density at radius 1 is 0.434 bits per heavy atom. The number of hydrogen-bond donors (Lipinski definition) is 0. The van der Waals surface area contributed by atoms with Crippen LogP contribution in [0.3, 0.4) is 0 Å². The van der Waals surface area contributed by atoms with E-state index in [-0.39, 0.29) is 0 Å². The van der Waals surface area contributed by atoms with Crippen molar-refractivity contribution in [1.29, 1.82) is 0 Å². The van der Waals surface area contributed by atoms with Crippen LogP contribution in [0.4, 0.5) is 0 Å². The van der Waals surface area contributed by atoms with E-state index in [1.54, 1.807) is 6.07 Å². The van der Waals surface area contributed by atoms with Crippen LogP contribution in [0, 0.1) is 0 Å². The lowest BCUT2D eigenvalue weighted by atomic mass is 9.67. The molecular formula is C49H31NO2S. The monoisotopic (exact) mass is 698 g/mol. The van der Waals surface area contributed by atoms with Crippen molar-refractivity contribution in [3.63, 3.8) is 0 Å². The van der Waals surface area contributed by atoms with E-state index in [4.69, 9.17) is 1.37 Å². The highest BCUT2D eigenvalue weighted by atomic mass is 32.2. The molecule has 11 rings (SSSR count). The fourth-order valence-electron chi connectivity index (χ4n) is 9.15. The second-order valence-electron chi connectivity index (χ2n) is 14.0. The molecular weight excluding hydrogens is 667 g/mol. The maximum atomic E-state index is 15.1. The van der Waals surface area contributed by atoms with Crippen LogP contribution < -0.4 is 0 Å². The van der Waals surface area contributed by atoms with Crippen LogP contribution in [0.1, 0.15) is 23.6 Å².